The molecule has 0 unspecified atom stereocenters. The zero-order chi connectivity index (χ0) is 14.2. The van der Waals surface area contributed by atoms with Crippen molar-refractivity contribution in [2.75, 3.05) is 0 Å². The van der Waals surface area contributed by atoms with E-state index < -0.39 is 0 Å². The second kappa shape index (κ2) is 5.12. The lowest BCUT2D eigenvalue weighted by Gasteiger charge is -2.25. The first kappa shape index (κ1) is 12.8. The Bertz CT molecular complexity index is 794. The first-order valence-electron chi connectivity index (χ1n) is 7.44. The van der Waals surface area contributed by atoms with Crippen molar-refractivity contribution in [3.8, 4) is 0 Å². The number of hydrogen-bond acceptors (Lipinski definition) is 2. The van der Waals surface area contributed by atoms with Gasteiger partial charge in [-0.3, -0.25) is 4.79 Å². The summed E-state index contributed by atoms with van der Waals surface area (Å²) in [7, 11) is 0. The number of fused-ring (bicyclic) bond motifs is 1. The summed E-state index contributed by atoms with van der Waals surface area (Å²) in [5, 5.41) is 3.04. The molecule has 4 rings (SSSR count). The van der Waals surface area contributed by atoms with E-state index in [1.807, 2.05) is 35.7 Å². The average molecular weight is 292 g/mol. The third-order valence-corrected chi connectivity index (χ3v) is 5.44. The highest BCUT2D eigenvalue weighted by molar-refractivity contribution is 7.17. The van der Waals surface area contributed by atoms with Crippen LogP contribution in [0.25, 0.3) is 10.1 Å². The standard InChI is InChI=1S/C19H16OS/c20-19(17-12-21-18-7-2-1-6-16(17)18)15-10-8-14(9-11-15)13-4-3-5-13/h1-2,6-13H,3-5H2. The van der Waals surface area contributed by atoms with Gasteiger partial charge in [-0.1, -0.05) is 48.9 Å². The van der Waals surface area contributed by atoms with Gasteiger partial charge in [0.05, 0.1) is 0 Å². The first-order chi connectivity index (χ1) is 10.3. The molecule has 2 aromatic carbocycles. The topological polar surface area (TPSA) is 17.1 Å². The quantitative estimate of drug-likeness (QED) is 0.591. The zero-order valence-electron chi connectivity index (χ0n) is 11.7. The van der Waals surface area contributed by atoms with Crippen molar-refractivity contribution in [2.24, 2.45) is 0 Å². The largest absolute Gasteiger partial charge is 0.289 e. The van der Waals surface area contributed by atoms with E-state index in [0.29, 0.717) is 0 Å². The SMILES string of the molecule is O=C(c1ccc(C2CCC2)cc1)c1csc2ccccc12. The number of carbonyl (C=O) groups is 1. The Labute approximate surface area is 128 Å². The van der Waals surface area contributed by atoms with Crippen LogP contribution in [0.15, 0.2) is 53.9 Å². The van der Waals surface area contributed by atoms with Crippen LogP contribution in [0.1, 0.15) is 46.7 Å². The second-order valence-electron chi connectivity index (χ2n) is 5.72. The lowest BCUT2D eigenvalue weighted by molar-refractivity contribution is 0.104. The van der Waals surface area contributed by atoms with Crippen molar-refractivity contribution in [2.45, 2.75) is 25.2 Å². The van der Waals surface area contributed by atoms with Gasteiger partial charge in [-0.25, -0.2) is 0 Å². The van der Waals surface area contributed by atoms with E-state index in [1.54, 1.807) is 11.3 Å². The van der Waals surface area contributed by atoms with Crippen LogP contribution in [0.4, 0.5) is 0 Å². The van der Waals surface area contributed by atoms with Crippen molar-refractivity contribution in [3.63, 3.8) is 0 Å². The van der Waals surface area contributed by atoms with Gasteiger partial charge in [0.1, 0.15) is 0 Å². The van der Waals surface area contributed by atoms with Gasteiger partial charge < -0.3 is 0 Å². The van der Waals surface area contributed by atoms with E-state index in [-0.39, 0.29) is 5.78 Å². The molecule has 21 heavy (non-hydrogen) atoms. The normalized spacial score (nSPS) is 15.0. The molecule has 0 saturated heterocycles. The predicted molar refractivity (Wildman–Crippen MR) is 88.3 cm³/mol. The maximum Gasteiger partial charge on any atom is 0.194 e. The number of carbonyl (C=O) groups excluding carboxylic acids is 1. The van der Waals surface area contributed by atoms with E-state index in [2.05, 4.69) is 18.2 Å². The van der Waals surface area contributed by atoms with Crippen molar-refractivity contribution in [1.82, 2.24) is 0 Å². The highest BCUT2D eigenvalue weighted by Gasteiger charge is 2.20. The third kappa shape index (κ3) is 2.20. The zero-order valence-corrected chi connectivity index (χ0v) is 12.5. The molecule has 0 atom stereocenters. The monoisotopic (exact) mass is 292 g/mol. The minimum absolute atomic E-state index is 0.132. The van der Waals surface area contributed by atoms with Crippen LogP contribution in [0, 0.1) is 0 Å². The molecule has 1 saturated carbocycles. The summed E-state index contributed by atoms with van der Waals surface area (Å²) < 4.78 is 1.17. The van der Waals surface area contributed by atoms with Gasteiger partial charge >= 0.3 is 0 Å². The predicted octanol–water partition coefficient (Wildman–Crippen LogP) is 5.40. The van der Waals surface area contributed by atoms with E-state index in [4.69, 9.17) is 0 Å². The molecule has 1 aromatic heterocycles. The molecule has 0 aliphatic heterocycles. The minimum Gasteiger partial charge on any atom is -0.289 e. The van der Waals surface area contributed by atoms with Gasteiger partial charge in [0.2, 0.25) is 0 Å². The van der Waals surface area contributed by atoms with Crippen LogP contribution in [0.2, 0.25) is 0 Å². The molecule has 1 heterocycles. The molecule has 1 aliphatic rings. The van der Waals surface area contributed by atoms with Gasteiger partial charge in [0.15, 0.2) is 5.78 Å². The molecule has 2 heteroatoms. The van der Waals surface area contributed by atoms with Crippen LogP contribution in [-0.2, 0) is 0 Å². The van der Waals surface area contributed by atoms with E-state index in [9.17, 15) is 4.79 Å². The van der Waals surface area contributed by atoms with Gasteiger partial charge in [0, 0.05) is 26.6 Å². The average Bonchev–Trinajstić information content (AvgIpc) is 2.89. The summed E-state index contributed by atoms with van der Waals surface area (Å²) in [6.45, 7) is 0. The fourth-order valence-electron chi connectivity index (χ4n) is 2.96. The van der Waals surface area contributed by atoms with Gasteiger partial charge in [0.25, 0.3) is 0 Å². The second-order valence-corrected chi connectivity index (χ2v) is 6.64. The Morgan fingerprint density at radius 1 is 1.00 bits per heavy atom. The molecule has 104 valence electrons. The Hall–Kier alpha value is -1.93. The molecule has 1 nitrogen and oxygen atoms in total. The van der Waals surface area contributed by atoms with Crippen molar-refractivity contribution in [3.05, 3.63) is 70.6 Å². The molecule has 0 spiro atoms. The maximum atomic E-state index is 12.7. The van der Waals surface area contributed by atoms with Gasteiger partial charge in [-0.15, -0.1) is 11.3 Å². The van der Waals surface area contributed by atoms with Gasteiger partial charge in [-0.2, -0.15) is 0 Å². The lowest BCUT2D eigenvalue weighted by atomic mass is 9.80. The van der Waals surface area contributed by atoms with Crippen molar-refractivity contribution < 1.29 is 4.79 Å². The minimum atomic E-state index is 0.132. The number of ketones is 1. The van der Waals surface area contributed by atoms with Crippen LogP contribution in [0.5, 0.6) is 0 Å². The number of benzene rings is 2. The number of thiophene rings is 1. The van der Waals surface area contributed by atoms with Crippen LogP contribution in [-0.4, -0.2) is 5.78 Å². The fourth-order valence-corrected chi connectivity index (χ4v) is 3.90. The molecule has 0 N–H and O–H groups in total. The molecule has 1 fully saturated rings. The highest BCUT2D eigenvalue weighted by Crippen LogP contribution is 2.36. The Morgan fingerprint density at radius 2 is 1.76 bits per heavy atom. The summed E-state index contributed by atoms with van der Waals surface area (Å²) in [4.78, 5) is 12.7. The van der Waals surface area contributed by atoms with E-state index in [1.165, 1.54) is 29.5 Å². The molecule has 0 bridgehead atoms. The molecule has 1 aliphatic carbocycles. The summed E-state index contributed by atoms with van der Waals surface area (Å²) in [5.41, 5.74) is 3.00. The van der Waals surface area contributed by atoms with Gasteiger partial charge in [-0.05, 0) is 30.4 Å². The van der Waals surface area contributed by atoms with Crippen LogP contribution < -0.4 is 0 Å². The van der Waals surface area contributed by atoms with E-state index in [0.717, 1.165) is 22.4 Å². The fraction of sp³-hybridized carbons (Fsp3) is 0.211. The number of rotatable bonds is 3. The third-order valence-electron chi connectivity index (χ3n) is 4.48. The molecule has 0 radical (unpaired) electrons. The number of hydrogen-bond donors (Lipinski definition) is 0. The lowest BCUT2D eigenvalue weighted by Crippen LogP contribution is -2.09. The highest BCUT2D eigenvalue weighted by atomic mass is 32.1. The Kier molecular flexibility index (Phi) is 3.12. The van der Waals surface area contributed by atoms with E-state index >= 15 is 0 Å². The van der Waals surface area contributed by atoms with Crippen molar-refractivity contribution in [1.29, 1.82) is 0 Å². The Balaban J connectivity index is 1.67. The molecular weight excluding hydrogens is 276 g/mol. The molecule has 3 aromatic rings. The van der Waals surface area contributed by atoms with Crippen LogP contribution >= 0.6 is 11.3 Å². The summed E-state index contributed by atoms with van der Waals surface area (Å²) in [5.74, 6) is 0.851. The molecule has 0 amide bonds. The van der Waals surface area contributed by atoms with Crippen molar-refractivity contribution >= 4 is 27.2 Å². The molecular formula is C19H16OS. The van der Waals surface area contributed by atoms with Crippen LogP contribution in [0.3, 0.4) is 0 Å². The maximum absolute atomic E-state index is 12.7. The summed E-state index contributed by atoms with van der Waals surface area (Å²) in [6.07, 6.45) is 3.93. The first-order valence-corrected chi connectivity index (χ1v) is 8.32. The Morgan fingerprint density at radius 3 is 2.48 bits per heavy atom. The summed E-state index contributed by atoms with van der Waals surface area (Å²) in [6, 6.07) is 16.3. The smallest absolute Gasteiger partial charge is 0.194 e. The summed E-state index contributed by atoms with van der Waals surface area (Å²) >= 11 is 1.64.